The lowest BCUT2D eigenvalue weighted by molar-refractivity contribution is 1.47. The van der Waals surface area contributed by atoms with E-state index in [2.05, 4.69) is 0 Å². The van der Waals surface area contributed by atoms with Crippen molar-refractivity contribution in [3.8, 4) is 0 Å². The Morgan fingerprint density at radius 1 is 1.57 bits per heavy atom. The van der Waals surface area contributed by atoms with E-state index < -0.39 is 0 Å². The van der Waals surface area contributed by atoms with E-state index in [-0.39, 0.29) is 0 Å². The molecule has 0 saturated heterocycles. The van der Waals surface area contributed by atoms with Crippen LogP contribution in [0.5, 0.6) is 0 Å². The van der Waals surface area contributed by atoms with Crippen molar-refractivity contribution < 1.29 is 0 Å². The number of thioether (sulfide) groups is 1. The monoisotopic (exact) mass is 160 g/mol. The number of hydrogen-bond donors (Lipinski definition) is 0. The molecule has 3 heteroatoms. The molecular formula is C4H8Cl2S. The van der Waals surface area contributed by atoms with E-state index >= 15 is 0 Å². The van der Waals surface area contributed by atoms with E-state index in [4.69, 9.17) is 23.2 Å². The van der Waals surface area contributed by atoms with Gasteiger partial charge in [-0.3, -0.25) is 0 Å². The fraction of sp³-hybridized carbons (Fsp3) is 1.00. The Morgan fingerprint density at radius 2 is 2.29 bits per heavy atom. The molecule has 0 N–H and O–H groups in total. The first kappa shape index (κ1) is 7.93. The summed E-state index contributed by atoms with van der Waals surface area (Å²) in [5, 5.41) is 0. The highest BCUT2D eigenvalue weighted by molar-refractivity contribution is 7.99. The molecule has 0 fully saturated rings. The van der Waals surface area contributed by atoms with E-state index in [0.29, 0.717) is 0 Å². The molecule has 0 atom stereocenters. The maximum absolute atomic E-state index is 5.37. The molecule has 0 bridgehead atoms. The Balaban J connectivity index is 2.45. The van der Waals surface area contributed by atoms with Crippen LogP contribution < -0.4 is 0 Å². The minimum absolute atomic E-state index is 0.738. The van der Waals surface area contributed by atoms with Crippen LogP contribution in [0.2, 0.25) is 0 Å². The average molecular weight is 161 g/mol. The molecule has 0 amide bonds. The van der Waals surface area contributed by atoms with E-state index in [1.54, 1.807) is 11.8 Å². The third-order valence-electron chi connectivity index (χ3n) is 0.443. The van der Waals surface area contributed by atoms with Crippen LogP contribution in [0.4, 0.5) is 0 Å². The lowest BCUT2D eigenvalue weighted by Gasteiger charge is -1.89. The Morgan fingerprint density at radius 3 is 2.71 bits per heavy atom. The molecule has 0 heterocycles. The summed E-state index contributed by atoms with van der Waals surface area (Å²) in [6, 6.07) is 0. The number of alkyl halides is 2. The van der Waals surface area contributed by atoms with Gasteiger partial charge in [0, 0.05) is 23.3 Å². The summed E-state index contributed by atoms with van der Waals surface area (Å²) in [5.41, 5.74) is 0. The Kier molecular flexibility index (Phi) is 7.85. The summed E-state index contributed by atoms with van der Waals surface area (Å²) in [4.78, 5) is 0. The van der Waals surface area contributed by atoms with Crippen molar-refractivity contribution in [3.63, 3.8) is 0 Å². The molecule has 0 aliphatic heterocycles. The minimum Gasteiger partial charge on any atom is -0.160 e. The summed E-state index contributed by atoms with van der Waals surface area (Å²) in [6.45, 7) is 0. The van der Waals surface area contributed by atoms with Gasteiger partial charge in [0.1, 0.15) is 0 Å². The molecular weight excluding hydrogens is 153 g/mol. The van der Waals surface area contributed by atoms with Gasteiger partial charge in [-0.15, -0.1) is 23.2 Å². The van der Waals surface area contributed by atoms with E-state index in [1.807, 2.05) is 0 Å². The fourth-order valence-corrected chi connectivity index (χ4v) is 1.29. The predicted octanol–water partition coefficient (Wildman–Crippen LogP) is 2.20. The molecule has 0 aromatic heterocycles. The summed E-state index contributed by atoms with van der Waals surface area (Å²) in [6.07, 6.45) is 0. The molecule has 0 spiro atoms. The molecule has 0 saturated carbocycles. The van der Waals surface area contributed by atoms with Crippen molar-refractivity contribution in [2.75, 3.05) is 23.3 Å². The second kappa shape index (κ2) is 6.93. The SMILES string of the molecule is ClCCSC[14CH2]Cl. The maximum Gasteiger partial charge on any atom is 0.0314 e. The molecule has 0 aliphatic carbocycles. The highest BCUT2D eigenvalue weighted by Gasteiger charge is 1.82. The van der Waals surface area contributed by atoms with Crippen LogP contribution in [0.15, 0.2) is 0 Å². The first-order valence-electron chi connectivity index (χ1n) is 2.11. The second-order valence-corrected chi connectivity index (χ2v) is 2.97. The lowest BCUT2D eigenvalue weighted by Crippen LogP contribution is -1.83. The summed E-state index contributed by atoms with van der Waals surface area (Å²) >= 11 is 12.5. The average Bonchev–Trinajstić information content (AvgIpc) is 1.69. The van der Waals surface area contributed by atoms with Crippen LogP contribution in [-0.4, -0.2) is 23.3 Å². The summed E-state index contributed by atoms with van der Waals surface area (Å²) in [5.74, 6) is 3.52. The number of rotatable bonds is 4. The third kappa shape index (κ3) is 6.93. The normalized spacial score (nSPS) is 9.43. The molecule has 0 unspecified atom stereocenters. The van der Waals surface area contributed by atoms with Crippen molar-refractivity contribution in [2.24, 2.45) is 0 Å². The quantitative estimate of drug-likeness (QED) is 0.449. The molecule has 0 rings (SSSR count). The maximum atomic E-state index is 5.37. The Bertz CT molecular complexity index is 28.9. The van der Waals surface area contributed by atoms with Gasteiger partial charge >= 0.3 is 0 Å². The van der Waals surface area contributed by atoms with Crippen molar-refractivity contribution in [2.45, 2.75) is 0 Å². The smallest absolute Gasteiger partial charge is 0.0314 e. The molecule has 7 heavy (non-hydrogen) atoms. The topological polar surface area (TPSA) is 0 Å². The van der Waals surface area contributed by atoms with Gasteiger partial charge in [-0.05, 0) is 0 Å². The van der Waals surface area contributed by atoms with Gasteiger partial charge in [0.25, 0.3) is 0 Å². The molecule has 44 valence electrons. The van der Waals surface area contributed by atoms with E-state index in [0.717, 1.165) is 23.3 Å². The van der Waals surface area contributed by atoms with Gasteiger partial charge in [-0.1, -0.05) is 0 Å². The first-order valence-corrected chi connectivity index (χ1v) is 4.34. The van der Waals surface area contributed by atoms with Crippen molar-refractivity contribution in [3.05, 3.63) is 0 Å². The third-order valence-corrected chi connectivity index (χ3v) is 2.25. The molecule has 0 aliphatic rings. The molecule has 0 aromatic carbocycles. The number of halogens is 2. The standard InChI is InChI=1S/C4H8Cl2S/c5-1-3-7-4-2-6/h1-4H2/i1+2. The largest absolute Gasteiger partial charge is 0.160 e. The van der Waals surface area contributed by atoms with Gasteiger partial charge < -0.3 is 0 Å². The Hall–Kier alpha value is 0.930. The summed E-state index contributed by atoms with van der Waals surface area (Å²) < 4.78 is 0. The molecule has 0 radical (unpaired) electrons. The van der Waals surface area contributed by atoms with Crippen LogP contribution in [0, 0.1) is 0 Å². The highest BCUT2D eigenvalue weighted by atomic mass is 35.5. The molecule has 0 nitrogen and oxygen atoms in total. The zero-order valence-electron chi connectivity index (χ0n) is 3.99. The van der Waals surface area contributed by atoms with Crippen molar-refractivity contribution in [1.29, 1.82) is 0 Å². The van der Waals surface area contributed by atoms with Crippen molar-refractivity contribution >= 4 is 35.0 Å². The van der Waals surface area contributed by atoms with E-state index in [9.17, 15) is 0 Å². The minimum atomic E-state index is 0.738. The van der Waals surface area contributed by atoms with Gasteiger partial charge in [-0.2, -0.15) is 11.8 Å². The van der Waals surface area contributed by atoms with E-state index in [1.165, 1.54) is 0 Å². The predicted molar refractivity (Wildman–Crippen MR) is 38.8 cm³/mol. The van der Waals surface area contributed by atoms with Crippen LogP contribution in [0.1, 0.15) is 0 Å². The second-order valence-electron chi connectivity index (χ2n) is 0.990. The van der Waals surface area contributed by atoms with Crippen LogP contribution in [-0.2, 0) is 0 Å². The zero-order chi connectivity index (χ0) is 5.54. The highest BCUT2D eigenvalue weighted by Crippen LogP contribution is 1.99. The number of hydrogen-bond acceptors (Lipinski definition) is 1. The molecule has 0 aromatic rings. The van der Waals surface area contributed by atoms with Crippen LogP contribution in [0.25, 0.3) is 0 Å². The first-order chi connectivity index (χ1) is 3.41. The zero-order valence-corrected chi connectivity index (χ0v) is 6.32. The van der Waals surface area contributed by atoms with Crippen molar-refractivity contribution in [1.82, 2.24) is 0 Å². The van der Waals surface area contributed by atoms with Crippen LogP contribution in [0.3, 0.4) is 0 Å². The summed E-state index contributed by atoms with van der Waals surface area (Å²) in [7, 11) is 0. The van der Waals surface area contributed by atoms with Gasteiger partial charge in [-0.25, -0.2) is 0 Å². The van der Waals surface area contributed by atoms with Gasteiger partial charge in [0.15, 0.2) is 0 Å². The Labute approximate surface area is 58.6 Å². The van der Waals surface area contributed by atoms with Gasteiger partial charge in [0.05, 0.1) is 0 Å². The fourth-order valence-electron chi connectivity index (χ4n) is 0.211. The van der Waals surface area contributed by atoms with Gasteiger partial charge in [0.2, 0.25) is 0 Å². The van der Waals surface area contributed by atoms with Crippen LogP contribution >= 0.6 is 35.0 Å². The lowest BCUT2D eigenvalue weighted by atomic mass is 11.0.